The van der Waals surface area contributed by atoms with Crippen LogP contribution in [-0.4, -0.2) is 49.3 Å². The lowest BCUT2D eigenvalue weighted by Gasteiger charge is -2.30. The van der Waals surface area contributed by atoms with E-state index in [2.05, 4.69) is 21.6 Å². The number of nitrogens with one attached hydrogen (secondary N) is 1. The average molecular weight is 301 g/mol. The number of rotatable bonds is 5. The number of aromatic nitrogens is 2. The van der Waals surface area contributed by atoms with Gasteiger partial charge in [0.25, 0.3) is 0 Å². The Balaban J connectivity index is 1.85. The Morgan fingerprint density at radius 1 is 1.45 bits per heavy atom. The molecule has 1 aliphatic rings. The average Bonchev–Trinajstić information content (AvgIpc) is 2.72. The Morgan fingerprint density at radius 3 is 2.65 bits per heavy atom. The highest BCUT2D eigenvalue weighted by molar-refractivity contribution is 7.89. The van der Waals surface area contributed by atoms with Gasteiger partial charge in [-0.1, -0.05) is 6.92 Å². The molecule has 0 aliphatic carbocycles. The molecule has 1 aromatic rings. The number of nitrogens with two attached hydrogens (primary N) is 1. The van der Waals surface area contributed by atoms with Gasteiger partial charge in [0.1, 0.15) is 4.90 Å². The van der Waals surface area contributed by atoms with E-state index in [1.807, 2.05) is 0 Å². The molecule has 2 heterocycles. The number of nitrogen functional groups attached to an aromatic ring is 1. The number of aryl methyl sites for hydroxylation is 1. The molecule has 1 saturated heterocycles. The predicted molar refractivity (Wildman–Crippen MR) is 77.6 cm³/mol. The van der Waals surface area contributed by atoms with E-state index < -0.39 is 10.0 Å². The molecule has 7 nitrogen and oxygen atoms in total. The molecule has 0 bridgehead atoms. The molecule has 0 atom stereocenters. The van der Waals surface area contributed by atoms with Crippen molar-refractivity contribution >= 4 is 15.8 Å². The quantitative estimate of drug-likeness (QED) is 0.799. The monoisotopic (exact) mass is 301 g/mol. The molecular weight excluding hydrogens is 278 g/mol. The van der Waals surface area contributed by atoms with Crippen LogP contribution < -0.4 is 10.5 Å². The van der Waals surface area contributed by atoms with Crippen LogP contribution >= 0.6 is 0 Å². The van der Waals surface area contributed by atoms with Gasteiger partial charge in [-0.05, 0) is 31.8 Å². The van der Waals surface area contributed by atoms with Gasteiger partial charge in [-0.25, -0.2) is 13.1 Å². The summed E-state index contributed by atoms with van der Waals surface area (Å²) in [5, 5.41) is 3.85. The topological polar surface area (TPSA) is 93.2 Å². The van der Waals surface area contributed by atoms with Crippen molar-refractivity contribution in [2.75, 3.05) is 31.9 Å². The number of likely N-dealkylation sites (tertiary alicyclic amines) is 1. The maximum absolute atomic E-state index is 12.1. The third kappa shape index (κ3) is 3.71. The third-order valence-electron chi connectivity index (χ3n) is 3.71. The second-order valence-electron chi connectivity index (χ2n) is 5.47. The van der Waals surface area contributed by atoms with Gasteiger partial charge < -0.3 is 10.6 Å². The highest BCUT2D eigenvalue weighted by atomic mass is 32.2. The van der Waals surface area contributed by atoms with Gasteiger partial charge in [0.15, 0.2) is 5.82 Å². The number of nitrogens with zero attached hydrogens (tertiary/aromatic N) is 3. The van der Waals surface area contributed by atoms with Crippen molar-refractivity contribution in [2.24, 2.45) is 13.0 Å². The van der Waals surface area contributed by atoms with E-state index in [1.54, 1.807) is 7.05 Å². The highest BCUT2D eigenvalue weighted by Gasteiger charge is 2.21. The van der Waals surface area contributed by atoms with Gasteiger partial charge in [-0.3, -0.25) is 4.68 Å². The van der Waals surface area contributed by atoms with Crippen molar-refractivity contribution < 1.29 is 8.42 Å². The molecule has 20 heavy (non-hydrogen) atoms. The molecule has 0 radical (unpaired) electrons. The van der Waals surface area contributed by atoms with Crippen molar-refractivity contribution in [1.82, 2.24) is 19.4 Å². The summed E-state index contributed by atoms with van der Waals surface area (Å²) >= 11 is 0. The van der Waals surface area contributed by atoms with Crippen LogP contribution in [0.1, 0.15) is 19.8 Å². The van der Waals surface area contributed by atoms with E-state index in [0.717, 1.165) is 25.6 Å². The Labute approximate surface area is 120 Å². The van der Waals surface area contributed by atoms with Crippen molar-refractivity contribution in [3.05, 3.63) is 6.20 Å². The minimum absolute atomic E-state index is 0.0341. The van der Waals surface area contributed by atoms with Crippen molar-refractivity contribution in [3.63, 3.8) is 0 Å². The van der Waals surface area contributed by atoms with Crippen LogP contribution in [0.2, 0.25) is 0 Å². The maximum Gasteiger partial charge on any atom is 0.245 e. The van der Waals surface area contributed by atoms with Gasteiger partial charge >= 0.3 is 0 Å². The number of hydrogen-bond acceptors (Lipinski definition) is 5. The Hall–Kier alpha value is -1.12. The summed E-state index contributed by atoms with van der Waals surface area (Å²) < 4.78 is 28.2. The summed E-state index contributed by atoms with van der Waals surface area (Å²) in [6.45, 7) is 5.46. The summed E-state index contributed by atoms with van der Waals surface area (Å²) in [4.78, 5) is 2.34. The Bertz CT molecular complexity index is 546. The van der Waals surface area contributed by atoms with Gasteiger partial charge in [-0.15, -0.1) is 0 Å². The summed E-state index contributed by atoms with van der Waals surface area (Å²) in [6.07, 6.45) is 3.78. The highest BCUT2D eigenvalue weighted by Crippen LogP contribution is 2.16. The summed E-state index contributed by atoms with van der Waals surface area (Å²) in [6, 6.07) is 0. The molecule has 0 saturated carbocycles. The summed E-state index contributed by atoms with van der Waals surface area (Å²) in [5.41, 5.74) is 5.60. The minimum Gasteiger partial charge on any atom is -0.381 e. The number of anilines is 1. The minimum atomic E-state index is -3.57. The molecule has 3 N–H and O–H groups in total. The summed E-state index contributed by atoms with van der Waals surface area (Å²) in [5.74, 6) is 0.810. The molecule has 0 amide bonds. The lowest BCUT2D eigenvalue weighted by Crippen LogP contribution is -2.39. The van der Waals surface area contributed by atoms with Crippen LogP contribution in [0.5, 0.6) is 0 Å². The van der Waals surface area contributed by atoms with E-state index in [9.17, 15) is 8.42 Å². The van der Waals surface area contributed by atoms with Crippen molar-refractivity contribution in [1.29, 1.82) is 0 Å². The van der Waals surface area contributed by atoms with Crippen LogP contribution in [0, 0.1) is 5.92 Å². The van der Waals surface area contributed by atoms with Crippen LogP contribution in [0.3, 0.4) is 0 Å². The normalized spacial score (nSPS) is 18.5. The van der Waals surface area contributed by atoms with Crippen LogP contribution in [0.4, 0.5) is 5.82 Å². The zero-order chi connectivity index (χ0) is 14.8. The van der Waals surface area contributed by atoms with Crippen molar-refractivity contribution in [3.8, 4) is 0 Å². The second-order valence-corrected chi connectivity index (χ2v) is 7.21. The maximum atomic E-state index is 12.1. The first kappa shape index (κ1) is 15.3. The second kappa shape index (κ2) is 6.11. The van der Waals surface area contributed by atoms with E-state index in [-0.39, 0.29) is 10.7 Å². The molecule has 1 aliphatic heterocycles. The van der Waals surface area contributed by atoms with Crippen LogP contribution in [0.15, 0.2) is 11.1 Å². The molecule has 8 heteroatoms. The number of sulfonamides is 1. The Kier molecular flexibility index (Phi) is 4.66. The predicted octanol–water partition coefficient (Wildman–Crippen LogP) is 0.0125. The van der Waals surface area contributed by atoms with Crippen LogP contribution in [0.25, 0.3) is 0 Å². The Morgan fingerprint density at radius 2 is 2.10 bits per heavy atom. The van der Waals surface area contributed by atoms with E-state index in [0.29, 0.717) is 6.54 Å². The standard InChI is InChI=1S/C12H23N5O2S/c1-10-3-6-17(7-4-10)8-5-14-20(18,19)11-9-16(2)15-12(11)13/h9-10,14H,3-8H2,1-2H3,(H2,13,15). The van der Waals surface area contributed by atoms with Gasteiger partial charge in [0.2, 0.25) is 10.0 Å². The smallest absolute Gasteiger partial charge is 0.245 e. The molecule has 1 fully saturated rings. The van der Waals surface area contributed by atoms with Gasteiger partial charge in [0.05, 0.1) is 0 Å². The molecule has 1 aromatic heterocycles. The molecule has 0 spiro atoms. The first-order valence-corrected chi connectivity index (χ1v) is 8.38. The largest absolute Gasteiger partial charge is 0.381 e. The lowest BCUT2D eigenvalue weighted by molar-refractivity contribution is 0.195. The fourth-order valence-corrected chi connectivity index (χ4v) is 3.52. The van der Waals surface area contributed by atoms with Gasteiger partial charge in [0, 0.05) is 26.3 Å². The van der Waals surface area contributed by atoms with Crippen LogP contribution in [-0.2, 0) is 17.1 Å². The number of hydrogen-bond donors (Lipinski definition) is 2. The molecule has 0 aromatic carbocycles. The van der Waals surface area contributed by atoms with Crippen molar-refractivity contribution in [2.45, 2.75) is 24.7 Å². The first-order chi connectivity index (χ1) is 9.38. The molecule has 2 rings (SSSR count). The number of piperidine rings is 1. The molecule has 0 unspecified atom stereocenters. The molecular formula is C12H23N5O2S. The van der Waals surface area contributed by atoms with E-state index in [4.69, 9.17) is 5.73 Å². The lowest BCUT2D eigenvalue weighted by atomic mass is 9.99. The van der Waals surface area contributed by atoms with E-state index >= 15 is 0 Å². The zero-order valence-corrected chi connectivity index (χ0v) is 12.9. The SMILES string of the molecule is CC1CCN(CCNS(=O)(=O)c2cn(C)nc2N)CC1. The van der Waals surface area contributed by atoms with E-state index in [1.165, 1.54) is 23.7 Å². The molecule has 114 valence electrons. The zero-order valence-electron chi connectivity index (χ0n) is 12.0. The fourth-order valence-electron chi connectivity index (χ4n) is 2.39. The van der Waals surface area contributed by atoms with Gasteiger partial charge in [-0.2, -0.15) is 5.10 Å². The summed E-state index contributed by atoms with van der Waals surface area (Å²) in [7, 11) is -1.92. The first-order valence-electron chi connectivity index (χ1n) is 6.89. The fraction of sp³-hybridized carbons (Fsp3) is 0.750. The third-order valence-corrected chi connectivity index (χ3v) is 5.19.